The minimum absolute atomic E-state index is 0.0480. The number of aromatic amines is 1. The predicted molar refractivity (Wildman–Crippen MR) is 85.8 cm³/mol. The Morgan fingerprint density at radius 2 is 2.29 bits per heavy atom. The molecule has 2 aromatic heterocycles. The van der Waals surface area contributed by atoms with Crippen LogP contribution < -0.4 is 5.32 Å². The van der Waals surface area contributed by atoms with Crippen molar-refractivity contribution in [3.63, 3.8) is 0 Å². The quantitative estimate of drug-likeness (QED) is 0.776. The Morgan fingerprint density at radius 3 is 3.05 bits per heavy atom. The van der Waals surface area contributed by atoms with Gasteiger partial charge in [0, 0.05) is 22.9 Å². The van der Waals surface area contributed by atoms with Gasteiger partial charge in [0.2, 0.25) is 0 Å². The van der Waals surface area contributed by atoms with E-state index in [0.717, 1.165) is 23.3 Å². The van der Waals surface area contributed by atoms with Crippen molar-refractivity contribution in [3.05, 3.63) is 52.0 Å². The zero-order chi connectivity index (χ0) is 14.8. The third-order valence-corrected chi connectivity index (χ3v) is 4.23. The molecule has 5 heteroatoms. The first-order valence-electron chi connectivity index (χ1n) is 6.91. The highest BCUT2D eigenvalue weighted by Crippen LogP contribution is 2.14. The van der Waals surface area contributed by atoms with Crippen LogP contribution in [-0.4, -0.2) is 21.9 Å². The number of carbonyl (C=O) groups excluding carboxylic acids is 1. The van der Waals surface area contributed by atoms with Crippen LogP contribution in [0.25, 0.3) is 11.0 Å². The highest BCUT2D eigenvalue weighted by molar-refractivity contribution is 7.09. The van der Waals surface area contributed by atoms with Gasteiger partial charge in [0.25, 0.3) is 5.91 Å². The van der Waals surface area contributed by atoms with Gasteiger partial charge in [0.05, 0.1) is 11.0 Å². The summed E-state index contributed by atoms with van der Waals surface area (Å²) in [7, 11) is 0. The third kappa shape index (κ3) is 3.13. The van der Waals surface area contributed by atoms with Gasteiger partial charge in [-0.25, -0.2) is 4.98 Å². The Hall–Kier alpha value is -2.14. The van der Waals surface area contributed by atoms with Crippen LogP contribution in [0.3, 0.4) is 0 Å². The van der Waals surface area contributed by atoms with Gasteiger partial charge in [-0.05, 0) is 43.5 Å². The Balaban J connectivity index is 1.71. The highest BCUT2D eigenvalue weighted by Gasteiger charge is 2.12. The number of aromatic nitrogens is 2. The largest absolute Gasteiger partial charge is 0.349 e. The number of hydrogen-bond donors (Lipinski definition) is 2. The minimum Gasteiger partial charge on any atom is -0.349 e. The zero-order valence-electron chi connectivity index (χ0n) is 12.0. The molecule has 4 nitrogen and oxygen atoms in total. The molecule has 0 aliphatic heterocycles. The molecule has 21 heavy (non-hydrogen) atoms. The fraction of sp³-hybridized carbons (Fsp3) is 0.250. The molecule has 108 valence electrons. The van der Waals surface area contributed by atoms with Crippen LogP contribution in [0.5, 0.6) is 0 Å². The molecular formula is C16H17N3OS. The molecule has 0 fully saturated rings. The number of thiophene rings is 1. The van der Waals surface area contributed by atoms with Crippen LogP contribution in [0.2, 0.25) is 0 Å². The van der Waals surface area contributed by atoms with Gasteiger partial charge in [-0.1, -0.05) is 6.07 Å². The number of hydrogen-bond acceptors (Lipinski definition) is 3. The Bertz CT molecular complexity index is 761. The van der Waals surface area contributed by atoms with Crippen molar-refractivity contribution in [2.75, 3.05) is 0 Å². The highest BCUT2D eigenvalue weighted by atomic mass is 32.1. The van der Waals surface area contributed by atoms with Crippen molar-refractivity contribution in [2.45, 2.75) is 26.3 Å². The molecule has 0 unspecified atom stereocenters. The van der Waals surface area contributed by atoms with Gasteiger partial charge in [0.15, 0.2) is 0 Å². The van der Waals surface area contributed by atoms with E-state index in [1.54, 1.807) is 11.3 Å². The molecule has 0 saturated carbocycles. The van der Waals surface area contributed by atoms with Crippen molar-refractivity contribution in [1.29, 1.82) is 0 Å². The Kier molecular flexibility index (Phi) is 3.75. The summed E-state index contributed by atoms with van der Waals surface area (Å²) in [5.41, 5.74) is 2.44. The number of H-pyrrole nitrogens is 1. The SMILES string of the molecule is Cc1nc2ccc(C(=O)N[C@@H](C)Cc3cccs3)cc2[nH]1. The molecule has 0 radical (unpaired) electrons. The molecule has 0 aliphatic carbocycles. The lowest BCUT2D eigenvalue weighted by atomic mass is 10.1. The molecule has 1 aromatic carbocycles. The summed E-state index contributed by atoms with van der Waals surface area (Å²) < 4.78 is 0. The number of amides is 1. The maximum absolute atomic E-state index is 12.3. The van der Waals surface area contributed by atoms with E-state index in [0.29, 0.717) is 5.56 Å². The van der Waals surface area contributed by atoms with Crippen molar-refractivity contribution < 1.29 is 4.79 Å². The summed E-state index contributed by atoms with van der Waals surface area (Å²) in [6, 6.07) is 9.77. The van der Waals surface area contributed by atoms with E-state index in [1.165, 1.54) is 4.88 Å². The van der Waals surface area contributed by atoms with Gasteiger partial charge in [-0.3, -0.25) is 4.79 Å². The average Bonchev–Trinajstić information content (AvgIpc) is 3.05. The Labute approximate surface area is 127 Å². The lowest BCUT2D eigenvalue weighted by Crippen LogP contribution is -2.33. The van der Waals surface area contributed by atoms with Crippen molar-refractivity contribution in [1.82, 2.24) is 15.3 Å². The molecule has 3 aromatic rings. The van der Waals surface area contributed by atoms with E-state index in [-0.39, 0.29) is 11.9 Å². The van der Waals surface area contributed by atoms with Crippen molar-refractivity contribution in [2.24, 2.45) is 0 Å². The lowest BCUT2D eigenvalue weighted by molar-refractivity contribution is 0.0940. The zero-order valence-corrected chi connectivity index (χ0v) is 12.8. The first kappa shape index (κ1) is 13.8. The number of aryl methyl sites for hydroxylation is 1. The molecule has 0 aliphatic rings. The van der Waals surface area contributed by atoms with Crippen LogP contribution in [0.1, 0.15) is 28.0 Å². The normalized spacial score (nSPS) is 12.5. The van der Waals surface area contributed by atoms with Crippen LogP contribution in [-0.2, 0) is 6.42 Å². The van der Waals surface area contributed by atoms with E-state index < -0.39 is 0 Å². The second-order valence-corrected chi connectivity index (χ2v) is 6.24. The number of fused-ring (bicyclic) bond motifs is 1. The topological polar surface area (TPSA) is 57.8 Å². The number of imidazole rings is 1. The number of nitrogens with zero attached hydrogens (tertiary/aromatic N) is 1. The van der Waals surface area contributed by atoms with Crippen molar-refractivity contribution in [3.8, 4) is 0 Å². The fourth-order valence-electron chi connectivity index (χ4n) is 2.37. The first-order chi connectivity index (χ1) is 10.1. The Morgan fingerprint density at radius 1 is 1.43 bits per heavy atom. The lowest BCUT2D eigenvalue weighted by Gasteiger charge is -2.13. The maximum Gasteiger partial charge on any atom is 0.251 e. The third-order valence-electron chi connectivity index (χ3n) is 3.33. The van der Waals surface area contributed by atoms with Crippen LogP contribution >= 0.6 is 11.3 Å². The van der Waals surface area contributed by atoms with E-state index in [2.05, 4.69) is 26.7 Å². The standard InChI is InChI=1S/C16H17N3OS/c1-10(8-13-4-3-7-21-13)17-16(20)12-5-6-14-15(9-12)19-11(2)18-14/h3-7,9-10H,8H2,1-2H3,(H,17,20)(H,18,19)/t10-/m0/s1. The summed E-state index contributed by atoms with van der Waals surface area (Å²) in [6.07, 6.45) is 0.856. The summed E-state index contributed by atoms with van der Waals surface area (Å²) >= 11 is 1.71. The second kappa shape index (κ2) is 5.69. The van der Waals surface area contributed by atoms with Crippen LogP contribution in [0, 0.1) is 6.92 Å². The van der Waals surface area contributed by atoms with Gasteiger partial charge < -0.3 is 10.3 Å². The van der Waals surface area contributed by atoms with Crippen molar-refractivity contribution >= 4 is 28.3 Å². The molecule has 3 rings (SSSR count). The molecule has 2 heterocycles. The van der Waals surface area contributed by atoms with Crippen LogP contribution in [0.15, 0.2) is 35.7 Å². The monoisotopic (exact) mass is 299 g/mol. The average molecular weight is 299 g/mol. The smallest absolute Gasteiger partial charge is 0.251 e. The van der Waals surface area contributed by atoms with Gasteiger partial charge in [0.1, 0.15) is 5.82 Å². The molecule has 0 bridgehead atoms. The second-order valence-electron chi connectivity index (χ2n) is 5.21. The maximum atomic E-state index is 12.3. The fourth-order valence-corrected chi connectivity index (χ4v) is 3.20. The molecule has 1 amide bonds. The predicted octanol–water partition coefficient (Wildman–Crippen LogP) is 3.29. The van der Waals surface area contributed by atoms with Gasteiger partial charge in [-0.2, -0.15) is 0 Å². The van der Waals surface area contributed by atoms with Gasteiger partial charge in [-0.15, -0.1) is 11.3 Å². The molecule has 2 N–H and O–H groups in total. The van der Waals surface area contributed by atoms with E-state index >= 15 is 0 Å². The summed E-state index contributed by atoms with van der Waals surface area (Å²) in [6.45, 7) is 3.93. The van der Waals surface area contributed by atoms with E-state index in [1.807, 2.05) is 38.1 Å². The summed E-state index contributed by atoms with van der Waals surface area (Å²) in [4.78, 5) is 21.1. The molecular weight excluding hydrogens is 282 g/mol. The molecule has 0 saturated heterocycles. The number of rotatable bonds is 4. The minimum atomic E-state index is -0.0480. The molecule has 0 spiro atoms. The number of carbonyl (C=O) groups is 1. The van der Waals surface area contributed by atoms with Gasteiger partial charge >= 0.3 is 0 Å². The number of benzene rings is 1. The van der Waals surface area contributed by atoms with E-state index in [4.69, 9.17) is 0 Å². The first-order valence-corrected chi connectivity index (χ1v) is 7.79. The van der Waals surface area contributed by atoms with Crippen LogP contribution in [0.4, 0.5) is 0 Å². The van der Waals surface area contributed by atoms with E-state index in [9.17, 15) is 4.79 Å². The molecule has 1 atom stereocenters. The summed E-state index contributed by atoms with van der Waals surface area (Å²) in [5.74, 6) is 0.807. The summed E-state index contributed by atoms with van der Waals surface area (Å²) in [5, 5.41) is 5.09. The number of nitrogens with one attached hydrogen (secondary N) is 2.